The molecule has 0 radical (unpaired) electrons. The molecular weight excluding hydrogens is 327 g/mol. The number of ether oxygens (including phenoxy) is 1. The van der Waals surface area contributed by atoms with Crippen LogP contribution >= 0.6 is 0 Å². The predicted octanol–water partition coefficient (Wildman–Crippen LogP) is 3.65. The van der Waals surface area contributed by atoms with Crippen molar-refractivity contribution in [1.82, 2.24) is 0 Å². The van der Waals surface area contributed by atoms with E-state index in [-0.39, 0.29) is 12.6 Å². The summed E-state index contributed by atoms with van der Waals surface area (Å²) in [6.45, 7) is 10.3. The highest BCUT2D eigenvalue weighted by molar-refractivity contribution is 6.62. The fourth-order valence-electron chi connectivity index (χ4n) is 2.84. The van der Waals surface area contributed by atoms with Crippen molar-refractivity contribution in [3.8, 4) is 0 Å². The molecule has 0 saturated carbocycles. The predicted molar refractivity (Wildman–Crippen MR) is 102 cm³/mol. The van der Waals surface area contributed by atoms with Crippen molar-refractivity contribution in [1.29, 1.82) is 0 Å². The molecule has 0 aliphatic carbocycles. The van der Waals surface area contributed by atoms with Gasteiger partial charge in [-0.05, 0) is 57.8 Å². The van der Waals surface area contributed by atoms with Crippen molar-refractivity contribution < 1.29 is 18.8 Å². The van der Waals surface area contributed by atoms with Crippen LogP contribution in [0.25, 0.3) is 0 Å². The van der Waals surface area contributed by atoms with Crippen molar-refractivity contribution in [2.45, 2.75) is 52.4 Å². The molecular formula is C21H25BO4. The van der Waals surface area contributed by atoms with Crippen molar-refractivity contribution >= 4 is 18.6 Å². The van der Waals surface area contributed by atoms with Gasteiger partial charge in [0.25, 0.3) is 0 Å². The number of rotatable bonds is 4. The quantitative estimate of drug-likeness (QED) is 0.622. The summed E-state index contributed by atoms with van der Waals surface area (Å²) in [5, 5.41) is 0. The Kier molecular flexibility index (Phi) is 4.95. The lowest BCUT2D eigenvalue weighted by Crippen LogP contribution is -2.41. The van der Waals surface area contributed by atoms with Gasteiger partial charge in [-0.15, -0.1) is 0 Å². The first-order valence-electron chi connectivity index (χ1n) is 8.87. The molecule has 1 saturated heterocycles. The zero-order valence-electron chi connectivity index (χ0n) is 16.0. The summed E-state index contributed by atoms with van der Waals surface area (Å²) in [7, 11) is -0.436. The summed E-state index contributed by atoms with van der Waals surface area (Å²) in [5.74, 6) is -0.336. The molecule has 0 bridgehead atoms. The van der Waals surface area contributed by atoms with Gasteiger partial charge in [0.05, 0.1) is 16.8 Å². The van der Waals surface area contributed by atoms with Gasteiger partial charge >= 0.3 is 13.1 Å². The molecule has 1 fully saturated rings. The van der Waals surface area contributed by atoms with Crippen molar-refractivity contribution in [2.75, 3.05) is 0 Å². The van der Waals surface area contributed by atoms with E-state index in [0.29, 0.717) is 5.56 Å². The van der Waals surface area contributed by atoms with Crippen LogP contribution in [-0.4, -0.2) is 24.3 Å². The van der Waals surface area contributed by atoms with Crippen molar-refractivity contribution in [3.63, 3.8) is 0 Å². The molecule has 1 aliphatic heterocycles. The van der Waals surface area contributed by atoms with Crippen LogP contribution in [0.1, 0.15) is 49.2 Å². The second kappa shape index (κ2) is 6.90. The maximum Gasteiger partial charge on any atom is 0.495 e. The second-order valence-corrected chi connectivity index (χ2v) is 7.72. The summed E-state index contributed by atoms with van der Waals surface area (Å²) in [4.78, 5) is 12.3. The third-order valence-electron chi connectivity index (χ3n) is 5.23. The molecule has 3 rings (SSSR count). The Bertz CT molecular complexity index is 783. The van der Waals surface area contributed by atoms with Gasteiger partial charge in [0.2, 0.25) is 0 Å². The van der Waals surface area contributed by atoms with Gasteiger partial charge in [-0.3, -0.25) is 0 Å². The highest BCUT2D eigenvalue weighted by atomic mass is 16.7. The van der Waals surface area contributed by atoms with Gasteiger partial charge in [0.15, 0.2) is 0 Å². The van der Waals surface area contributed by atoms with E-state index in [9.17, 15) is 4.79 Å². The lowest BCUT2D eigenvalue weighted by molar-refractivity contribution is 0.00578. The number of hydrogen-bond acceptors (Lipinski definition) is 4. The Morgan fingerprint density at radius 1 is 1.00 bits per heavy atom. The van der Waals surface area contributed by atoms with Crippen LogP contribution in [0.2, 0.25) is 0 Å². The Balaban J connectivity index is 1.71. The van der Waals surface area contributed by atoms with E-state index < -0.39 is 18.3 Å². The van der Waals surface area contributed by atoms with E-state index in [2.05, 4.69) is 0 Å². The zero-order chi connectivity index (χ0) is 18.9. The molecule has 26 heavy (non-hydrogen) atoms. The smallest absolute Gasteiger partial charge is 0.457 e. The van der Waals surface area contributed by atoms with Gasteiger partial charge in [-0.25, -0.2) is 4.79 Å². The van der Waals surface area contributed by atoms with Gasteiger partial charge in [-0.2, -0.15) is 0 Å². The fourth-order valence-corrected chi connectivity index (χ4v) is 2.84. The van der Waals surface area contributed by atoms with E-state index in [1.807, 2.05) is 77.1 Å². The lowest BCUT2D eigenvalue weighted by atomic mass is 9.76. The lowest BCUT2D eigenvalue weighted by Gasteiger charge is -2.32. The Morgan fingerprint density at radius 3 is 2.19 bits per heavy atom. The van der Waals surface area contributed by atoms with Gasteiger partial charge in [0, 0.05) is 0 Å². The first-order valence-corrected chi connectivity index (χ1v) is 8.87. The highest BCUT2D eigenvalue weighted by Crippen LogP contribution is 2.36. The van der Waals surface area contributed by atoms with Crippen LogP contribution in [0.4, 0.5) is 0 Å². The highest BCUT2D eigenvalue weighted by Gasteiger charge is 2.52. The third-order valence-corrected chi connectivity index (χ3v) is 5.23. The minimum atomic E-state index is -0.436. The van der Waals surface area contributed by atoms with Crippen LogP contribution in [0.3, 0.4) is 0 Å². The third kappa shape index (κ3) is 3.69. The van der Waals surface area contributed by atoms with Crippen molar-refractivity contribution in [2.24, 2.45) is 0 Å². The largest absolute Gasteiger partial charge is 0.495 e. The average Bonchev–Trinajstić information content (AvgIpc) is 2.81. The maximum absolute atomic E-state index is 12.3. The molecule has 0 spiro atoms. The zero-order valence-corrected chi connectivity index (χ0v) is 16.0. The Labute approximate surface area is 155 Å². The molecule has 0 amide bonds. The standard InChI is InChI=1S/C21H25BO4/c1-15-13-17(19(23)24-14-16-9-7-6-8-10-16)11-12-18(15)22-25-20(2,3)21(4,5)26-22/h6-13H,14H2,1-5H3. The first kappa shape index (κ1) is 18.7. The van der Waals surface area contributed by atoms with Crippen LogP contribution in [0, 0.1) is 6.92 Å². The minimum absolute atomic E-state index is 0.262. The summed E-state index contributed by atoms with van der Waals surface area (Å²) >= 11 is 0. The molecule has 2 aromatic carbocycles. The monoisotopic (exact) mass is 352 g/mol. The van der Waals surface area contributed by atoms with E-state index >= 15 is 0 Å². The average molecular weight is 352 g/mol. The van der Waals surface area contributed by atoms with E-state index in [4.69, 9.17) is 14.0 Å². The number of benzene rings is 2. The number of hydrogen-bond donors (Lipinski definition) is 0. The normalized spacial score (nSPS) is 18.0. The maximum atomic E-state index is 12.3. The number of carbonyl (C=O) groups excluding carboxylic acids is 1. The first-order chi connectivity index (χ1) is 12.2. The minimum Gasteiger partial charge on any atom is -0.457 e. The Hall–Kier alpha value is -2.11. The van der Waals surface area contributed by atoms with Gasteiger partial charge < -0.3 is 14.0 Å². The van der Waals surface area contributed by atoms with Gasteiger partial charge in [-0.1, -0.05) is 42.0 Å². The van der Waals surface area contributed by atoms with Crippen molar-refractivity contribution in [3.05, 3.63) is 65.2 Å². The SMILES string of the molecule is Cc1cc(C(=O)OCc2ccccc2)ccc1B1OC(C)(C)C(C)(C)O1. The summed E-state index contributed by atoms with van der Waals surface area (Å²) in [6, 6.07) is 15.1. The number of carbonyl (C=O) groups is 1. The van der Waals surface area contributed by atoms with Crippen LogP contribution < -0.4 is 5.46 Å². The molecule has 136 valence electrons. The topological polar surface area (TPSA) is 44.8 Å². The second-order valence-electron chi connectivity index (χ2n) is 7.72. The summed E-state index contributed by atoms with van der Waals surface area (Å²) in [5.41, 5.74) is 2.58. The number of esters is 1. The molecule has 0 unspecified atom stereocenters. The van der Waals surface area contributed by atoms with Gasteiger partial charge in [0.1, 0.15) is 6.61 Å². The molecule has 1 aliphatic rings. The summed E-state index contributed by atoms with van der Waals surface area (Å²) < 4.78 is 17.6. The molecule has 0 N–H and O–H groups in total. The van der Waals surface area contributed by atoms with Crippen LogP contribution in [-0.2, 0) is 20.7 Å². The molecule has 5 heteroatoms. The van der Waals surface area contributed by atoms with E-state index in [1.54, 1.807) is 6.07 Å². The Morgan fingerprint density at radius 2 is 1.62 bits per heavy atom. The van der Waals surface area contributed by atoms with Crippen LogP contribution in [0.5, 0.6) is 0 Å². The molecule has 0 atom stereocenters. The molecule has 4 nitrogen and oxygen atoms in total. The summed E-state index contributed by atoms with van der Waals surface area (Å²) in [6.07, 6.45) is 0. The van der Waals surface area contributed by atoms with E-state index in [1.165, 1.54) is 0 Å². The number of aryl methyl sites for hydroxylation is 1. The molecule has 0 aromatic heterocycles. The van der Waals surface area contributed by atoms with E-state index in [0.717, 1.165) is 16.6 Å². The molecule has 1 heterocycles. The fraction of sp³-hybridized carbons (Fsp3) is 0.381. The van der Waals surface area contributed by atoms with Crippen LogP contribution in [0.15, 0.2) is 48.5 Å². The molecule has 2 aromatic rings.